The summed E-state index contributed by atoms with van der Waals surface area (Å²) < 4.78 is 4.50. The number of carbonyl (C=O) groups is 1. The minimum atomic E-state index is -1.03. The lowest BCUT2D eigenvalue weighted by molar-refractivity contribution is 0.0662. The lowest BCUT2D eigenvalue weighted by atomic mass is 10.5. The van der Waals surface area contributed by atoms with E-state index < -0.39 is 5.97 Å². The molecule has 68 valence electrons. The molecule has 0 aliphatic heterocycles. The number of carboxylic acid groups (broad SMARTS) is 1. The van der Waals surface area contributed by atoms with Gasteiger partial charge in [-0.25, -0.2) is 4.79 Å². The maximum Gasteiger partial charge on any atom is 0.371 e. The zero-order valence-corrected chi connectivity index (χ0v) is 7.44. The van der Waals surface area contributed by atoms with Gasteiger partial charge in [-0.15, -0.1) is 0 Å². The van der Waals surface area contributed by atoms with Crippen LogP contribution in [0.25, 0.3) is 0 Å². The number of aromatic carboxylic acids is 1. The van der Waals surface area contributed by atoms with E-state index in [4.69, 9.17) is 5.11 Å². The Hall–Kier alpha value is -1.29. The van der Waals surface area contributed by atoms with Crippen LogP contribution in [0.3, 0.4) is 0 Å². The third kappa shape index (κ3) is 5.49. The largest absolute Gasteiger partial charge is 0.475 e. The van der Waals surface area contributed by atoms with Gasteiger partial charge in [0.25, 0.3) is 0 Å². The van der Waals surface area contributed by atoms with Crippen molar-refractivity contribution in [3.05, 3.63) is 24.2 Å². The van der Waals surface area contributed by atoms with Crippen LogP contribution in [0.4, 0.5) is 0 Å². The first-order chi connectivity index (χ1) is 5.54. The fraction of sp³-hybridized carbons (Fsp3) is 0.375. The number of hydrogen-bond donors (Lipinski definition) is 1. The van der Waals surface area contributed by atoms with E-state index in [1.54, 1.807) is 0 Å². The highest BCUT2D eigenvalue weighted by Crippen LogP contribution is 1.97. The standard InChI is InChI=1S/C5H4O3.C3H9N/c6-5(7)4-2-1-3-8-4;1-4(2)3/h1-3H,(H,6,7);1-3H3. The molecule has 0 saturated carbocycles. The second kappa shape index (κ2) is 5.37. The molecule has 0 amide bonds. The molecule has 4 nitrogen and oxygen atoms in total. The van der Waals surface area contributed by atoms with Gasteiger partial charge in [0.2, 0.25) is 5.76 Å². The Labute approximate surface area is 71.4 Å². The van der Waals surface area contributed by atoms with Crippen molar-refractivity contribution in [3.8, 4) is 0 Å². The van der Waals surface area contributed by atoms with Gasteiger partial charge in [-0.1, -0.05) is 0 Å². The van der Waals surface area contributed by atoms with Crippen molar-refractivity contribution in [1.82, 2.24) is 4.90 Å². The molecule has 0 fully saturated rings. The van der Waals surface area contributed by atoms with Crippen LogP contribution >= 0.6 is 0 Å². The highest BCUT2D eigenvalue weighted by atomic mass is 16.4. The topological polar surface area (TPSA) is 53.7 Å². The second-order valence-electron chi connectivity index (χ2n) is 2.62. The zero-order valence-electron chi connectivity index (χ0n) is 7.44. The van der Waals surface area contributed by atoms with Crippen LogP contribution < -0.4 is 0 Å². The molecule has 0 aliphatic carbocycles. The quantitative estimate of drug-likeness (QED) is 0.688. The van der Waals surface area contributed by atoms with Crippen LogP contribution in [-0.2, 0) is 0 Å². The molecule has 0 unspecified atom stereocenters. The molecule has 0 aromatic carbocycles. The van der Waals surface area contributed by atoms with E-state index in [1.807, 2.05) is 26.0 Å². The van der Waals surface area contributed by atoms with E-state index in [1.165, 1.54) is 18.4 Å². The molecular formula is C8H13NO3. The smallest absolute Gasteiger partial charge is 0.371 e. The molecule has 12 heavy (non-hydrogen) atoms. The lowest BCUT2D eigenvalue weighted by Gasteiger charge is -1.90. The molecule has 4 heteroatoms. The monoisotopic (exact) mass is 171 g/mol. The van der Waals surface area contributed by atoms with Gasteiger partial charge in [0.1, 0.15) is 0 Å². The Morgan fingerprint density at radius 1 is 1.50 bits per heavy atom. The summed E-state index contributed by atoms with van der Waals surface area (Å²) in [7, 11) is 6.00. The maximum absolute atomic E-state index is 9.97. The summed E-state index contributed by atoms with van der Waals surface area (Å²) in [5.41, 5.74) is 0. The van der Waals surface area contributed by atoms with Crippen molar-refractivity contribution >= 4 is 5.97 Å². The van der Waals surface area contributed by atoms with Gasteiger partial charge in [0, 0.05) is 0 Å². The fourth-order valence-electron chi connectivity index (χ4n) is 0.400. The third-order valence-corrected chi connectivity index (χ3v) is 0.732. The second-order valence-corrected chi connectivity index (χ2v) is 2.62. The first-order valence-corrected chi connectivity index (χ1v) is 3.41. The predicted molar refractivity (Wildman–Crippen MR) is 45.3 cm³/mol. The molecule has 1 aromatic rings. The van der Waals surface area contributed by atoms with Gasteiger partial charge >= 0.3 is 5.97 Å². The zero-order chi connectivity index (χ0) is 9.56. The third-order valence-electron chi connectivity index (χ3n) is 0.732. The van der Waals surface area contributed by atoms with E-state index in [9.17, 15) is 4.79 Å². The van der Waals surface area contributed by atoms with Crippen molar-refractivity contribution in [3.63, 3.8) is 0 Å². The molecular weight excluding hydrogens is 158 g/mol. The molecule has 0 atom stereocenters. The molecule has 1 aromatic heterocycles. The van der Waals surface area contributed by atoms with Gasteiger partial charge < -0.3 is 14.4 Å². The van der Waals surface area contributed by atoms with Crippen LogP contribution in [0, 0.1) is 0 Å². The normalized spacial score (nSPS) is 9.00. The summed E-state index contributed by atoms with van der Waals surface area (Å²) in [6.45, 7) is 0. The van der Waals surface area contributed by atoms with E-state index >= 15 is 0 Å². The van der Waals surface area contributed by atoms with E-state index in [-0.39, 0.29) is 5.76 Å². The molecule has 1 N–H and O–H groups in total. The lowest BCUT2D eigenvalue weighted by Crippen LogP contribution is -1.99. The fourth-order valence-corrected chi connectivity index (χ4v) is 0.400. The summed E-state index contributed by atoms with van der Waals surface area (Å²) in [5.74, 6) is -1.06. The van der Waals surface area contributed by atoms with E-state index in [0.29, 0.717) is 0 Å². The Morgan fingerprint density at radius 2 is 2.00 bits per heavy atom. The molecule has 0 saturated heterocycles. The number of nitrogens with zero attached hydrogens (tertiary/aromatic N) is 1. The number of rotatable bonds is 1. The van der Waals surface area contributed by atoms with Gasteiger partial charge in [-0.05, 0) is 33.3 Å². The average Bonchev–Trinajstić information content (AvgIpc) is 2.34. The van der Waals surface area contributed by atoms with Gasteiger partial charge in [-0.3, -0.25) is 0 Å². The minimum absolute atomic E-state index is 0.0231. The first kappa shape index (κ1) is 10.7. The van der Waals surface area contributed by atoms with Crippen molar-refractivity contribution < 1.29 is 14.3 Å². The first-order valence-electron chi connectivity index (χ1n) is 3.41. The molecule has 0 aliphatic rings. The van der Waals surface area contributed by atoms with Crippen molar-refractivity contribution in [2.45, 2.75) is 0 Å². The Morgan fingerprint density at radius 3 is 2.17 bits per heavy atom. The Bertz CT molecular complexity index is 213. The van der Waals surface area contributed by atoms with Gasteiger partial charge in [0.05, 0.1) is 6.26 Å². The SMILES string of the molecule is CN(C)C.O=C(O)c1ccco1. The molecule has 1 heterocycles. The van der Waals surface area contributed by atoms with Crippen molar-refractivity contribution in [2.75, 3.05) is 21.1 Å². The van der Waals surface area contributed by atoms with Gasteiger partial charge in [-0.2, -0.15) is 0 Å². The Balaban J connectivity index is 0.000000261. The molecule has 1 rings (SSSR count). The summed E-state index contributed by atoms with van der Waals surface area (Å²) in [6.07, 6.45) is 1.32. The van der Waals surface area contributed by atoms with Crippen LogP contribution in [0.2, 0.25) is 0 Å². The average molecular weight is 171 g/mol. The summed E-state index contributed by atoms with van der Waals surface area (Å²) in [4.78, 5) is 12.0. The van der Waals surface area contributed by atoms with Crippen LogP contribution in [-0.4, -0.2) is 37.1 Å². The number of hydrogen-bond acceptors (Lipinski definition) is 3. The highest BCUT2D eigenvalue weighted by molar-refractivity contribution is 5.84. The molecule has 0 spiro atoms. The minimum Gasteiger partial charge on any atom is -0.475 e. The van der Waals surface area contributed by atoms with Crippen LogP contribution in [0.5, 0.6) is 0 Å². The van der Waals surface area contributed by atoms with Crippen LogP contribution in [0.1, 0.15) is 10.6 Å². The molecule has 0 bridgehead atoms. The number of furan rings is 1. The van der Waals surface area contributed by atoms with E-state index in [0.717, 1.165) is 0 Å². The molecule has 0 radical (unpaired) electrons. The van der Waals surface area contributed by atoms with Crippen molar-refractivity contribution in [2.24, 2.45) is 0 Å². The maximum atomic E-state index is 9.97. The van der Waals surface area contributed by atoms with Crippen LogP contribution in [0.15, 0.2) is 22.8 Å². The number of carboxylic acids is 1. The van der Waals surface area contributed by atoms with E-state index in [2.05, 4.69) is 4.42 Å². The summed E-state index contributed by atoms with van der Waals surface area (Å²) >= 11 is 0. The Kier molecular flexibility index (Phi) is 4.79. The summed E-state index contributed by atoms with van der Waals surface area (Å²) in [5, 5.41) is 8.18. The predicted octanol–water partition coefficient (Wildman–Crippen LogP) is 1.16. The summed E-state index contributed by atoms with van der Waals surface area (Å²) in [6, 6.07) is 2.92. The van der Waals surface area contributed by atoms with Gasteiger partial charge in [0.15, 0.2) is 0 Å². The highest BCUT2D eigenvalue weighted by Gasteiger charge is 2.01. The van der Waals surface area contributed by atoms with Crippen molar-refractivity contribution in [1.29, 1.82) is 0 Å².